The molecule has 1 rings (SSSR count). The van der Waals surface area contributed by atoms with Crippen LogP contribution in [0.2, 0.25) is 0 Å². The first kappa shape index (κ1) is 13.2. The van der Waals surface area contributed by atoms with Crippen molar-refractivity contribution in [1.82, 2.24) is 15.1 Å². The Morgan fingerprint density at radius 3 is 2.81 bits per heavy atom. The van der Waals surface area contributed by atoms with Gasteiger partial charge in [-0.05, 0) is 22.4 Å². The number of aromatic nitrogens is 2. The topological polar surface area (TPSA) is 56.2 Å². The predicted molar refractivity (Wildman–Crippen MR) is 64.0 cm³/mol. The van der Waals surface area contributed by atoms with E-state index >= 15 is 0 Å². The van der Waals surface area contributed by atoms with E-state index in [4.69, 9.17) is 0 Å². The fourth-order valence-electron chi connectivity index (χ4n) is 1.37. The summed E-state index contributed by atoms with van der Waals surface area (Å²) in [4.78, 5) is 10.9. The van der Waals surface area contributed by atoms with Crippen molar-refractivity contribution >= 4 is 21.9 Å². The zero-order valence-electron chi connectivity index (χ0n) is 9.71. The molecule has 0 unspecified atom stereocenters. The Hall–Kier alpha value is -0.880. The molecule has 1 N–H and O–H groups in total. The lowest BCUT2D eigenvalue weighted by Gasteiger charge is -2.04. The van der Waals surface area contributed by atoms with Gasteiger partial charge in [-0.1, -0.05) is 6.92 Å². The maximum atomic E-state index is 10.9. The molecule has 0 atom stereocenters. The van der Waals surface area contributed by atoms with Crippen molar-refractivity contribution < 1.29 is 9.53 Å². The monoisotopic (exact) mass is 289 g/mol. The van der Waals surface area contributed by atoms with Crippen LogP contribution in [0.3, 0.4) is 0 Å². The number of hydrogen-bond donors (Lipinski definition) is 1. The number of aryl methyl sites for hydroxylation is 2. The average Bonchev–Trinajstić information content (AvgIpc) is 2.55. The van der Waals surface area contributed by atoms with Gasteiger partial charge >= 0.3 is 5.97 Å². The molecule has 0 aromatic carbocycles. The van der Waals surface area contributed by atoms with E-state index in [0.717, 1.165) is 22.3 Å². The molecule has 1 aromatic rings. The minimum Gasteiger partial charge on any atom is -0.468 e. The molecule has 0 radical (unpaired) electrons. The Morgan fingerprint density at radius 2 is 2.31 bits per heavy atom. The molecule has 16 heavy (non-hydrogen) atoms. The summed E-state index contributed by atoms with van der Waals surface area (Å²) in [6.45, 7) is 2.84. The van der Waals surface area contributed by atoms with Crippen LogP contribution in [0, 0.1) is 0 Å². The van der Waals surface area contributed by atoms with Crippen LogP contribution in [-0.2, 0) is 29.5 Å². The number of nitrogens with zero attached hydrogens (tertiary/aromatic N) is 2. The third-order valence-corrected chi connectivity index (χ3v) is 3.21. The van der Waals surface area contributed by atoms with Gasteiger partial charge in [-0.25, -0.2) is 0 Å². The Labute approximate surface area is 103 Å². The smallest absolute Gasteiger partial charge is 0.319 e. The van der Waals surface area contributed by atoms with E-state index < -0.39 is 0 Å². The van der Waals surface area contributed by atoms with E-state index in [-0.39, 0.29) is 12.5 Å². The molecular weight excluding hydrogens is 274 g/mol. The number of rotatable bonds is 5. The molecule has 0 aliphatic rings. The van der Waals surface area contributed by atoms with Crippen LogP contribution in [0.15, 0.2) is 4.47 Å². The standard InChI is InChI=1S/C10H16BrN3O2/c1-4-7-10(11)8(14(2)13-7)5-12-6-9(15)16-3/h12H,4-6H2,1-3H3. The Balaban J connectivity index is 2.60. The van der Waals surface area contributed by atoms with Gasteiger partial charge in [0.2, 0.25) is 0 Å². The van der Waals surface area contributed by atoms with Gasteiger partial charge in [-0.2, -0.15) is 5.10 Å². The second-order valence-electron chi connectivity index (χ2n) is 3.36. The summed E-state index contributed by atoms with van der Waals surface area (Å²) in [5, 5.41) is 7.37. The summed E-state index contributed by atoms with van der Waals surface area (Å²) >= 11 is 3.51. The first-order valence-electron chi connectivity index (χ1n) is 5.07. The molecule has 0 saturated heterocycles. The van der Waals surface area contributed by atoms with E-state index in [1.165, 1.54) is 7.11 Å². The normalized spacial score (nSPS) is 10.5. The highest BCUT2D eigenvalue weighted by Crippen LogP contribution is 2.21. The molecule has 0 spiro atoms. The highest BCUT2D eigenvalue weighted by Gasteiger charge is 2.12. The summed E-state index contributed by atoms with van der Waals surface area (Å²) in [6.07, 6.45) is 0.880. The lowest BCUT2D eigenvalue weighted by Crippen LogP contribution is -2.24. The van der Waals surface area contributed by atoms with Gasteiger partial charge in [0.05, 0.1) is 29.5 Å². The van der Waals surface area contributed by atoms with Gasteiger partial charge in [0.1, 0.15) is 0 Å². The predicted octanol–water partition coefficient (Wildman–Crippen LogP) is 1.01. The van der Waals surface area contributed by atoms with Crippen molar-refractivity contribution in [2.24, 2.45) is 7.05 Å². The van der Waals surface area contributed by atoms with Gasteiger partial charge in [0, 0.05) is 13.6 Å². The summed E-state index contributed by atoms with van der Waals surface area (Å²) in [5.74, 6) is -0.269. The third kappa shape index (κ3) is 3.05. The van der Waals surface area contributed by atoms with E-state index in [9.17, 15) is 4.79 Å². The van der Waals surface area contributed by atoms with Crippen molar-refractivity contribution in [2.75, 3.05) is 13.7 Å². The van der Waals surface area contributed by atoms with Crippen molar-refractivity contribution in [3.8, 4) is 0 Å². The number of methoxy groups -OCH3 is 1. The number of nitrogens with one attached hydrogen (secondary N) is 1. The highest BCUT2D eigenvalue weighted by molar-refractivity contribution is 9.10. The van der Waals surface area contributed by atoms with E-state index in [0.29, 0.717) is 6.54 Å². The highest BCUT2D eigenvalue weighted by atomic mass is 79.9. The maximum absolute atomic E-state index is 10.9. The Kier molecular flexibility index (Phi) is 4.95. The summed E-state index contributed by atoms with van der Waals surface area (Å²) < 4.78 is 7.36. The lowest BCUT2D eigenvalue weighted by atomic mass is 10.3. The molecule has 90 valence electrons. The number of halogens is 1. The average molecular weight is 290 g/mol. The van der Waals surface area contributed by atoms with Crippen molar-refractivity contribution in [1.29, 1.82) is 0 Å². The fourth-order valence-corrected chi connectivity index (χ4v) is 2.12. The van der Waals surface area contributed by atoms with Crippen molar-refractivity contribution in [3.63, 3.8) is 0 Å². The first-order chi connectivity index (χ1) is 7.60. The molecule has 0 aliphatic heterocycles. The van der Waals surface area contributed by atoms with Gasteiger partial charge in [-0.15, -0.1) is 0 Å². The van der Waals surface area contributed by atoms with Crippen molar-refractivity contribution in [3.05, 3.63) is 15.9 Å². The number of esters is 1. The van der Waals surface area contributed by atoms with Crippen LogP contribution in [0.5, 0.6) is 0 Å². The van der Waals surface area contributed by atoms with Crippen LogP contribution in [0.1, 0.15) is 18.3 Å². The molecule has 0 bridgehead atoms. The molecule has 1 aromatic heterocycles. The van der Waals surface area contributed by atoms with Crippen LogP contribution < -0.4 is 5.32 Å². The number of hydrogen-bond acceptors (Lipinski definition) is 4. The van der Waals surface area contributed by atoms with Gasteiger partial charge in [-0.3, -0.25) is 9.48 Å². The number of ether oxygens (including phenoxy) is 1. The van der Waals surface area contributed by atoms with Gasteiger partial charge in [0.25, 0.3) is 0 Å². The molecular formula is C10H16BrN3O2. The van der Waals surface area contributed by atoms with E-state index in [1.54, 1.807) is 0 Å². The third-order valence-electron chi connectivity index (χ3n) is 2.29. The quantitative estimate of drug-likeness (QED) is 0.822. The molecule has 0 fully saturated rings. The molecule has 1 heterocycles. The van der Waals surface area contributed by atoms with Gasteiger partial charge < -0.3 is 10.1 Å². The number of carbonyl (C=O) groups is 1. The summed E-state index contributed by atoms with van der Waals surface area (Å²) in [6, 6.07) is 0. The fraction of sp³-hybridized carbons (Fsp3) is 0.600. The van der Waals surface area contributed by atoms with Crippen molar-refractivity contribution in [2.45, 2.75) is 19.9 Å². The van der Waals surface area contributed by atoms with Crippen LogP contribution >= 0.6 is 15.9 Å². The van der Waals surface area contributed by atoms with Gasteiger partial charge in [0.15, 0.2) is 0 Å². The first-order valence-corrected chi connectivity index (χ1v) is 5.87. The van der Waals surface area contributed by atoms with E-state index in [2.05, 4.69) is 38.0 Å². The molecule has 0 aliphatic carbocycles. The summed E-state index contributed by atoms with van der Waals surface area (Å²) in [7, 11) is 3.26. The minimum atomic E-state index is -0.269. The Bertz CT molecular complexity index is 376. The van der Waals surface area contributed by atoms with E-state index in [1.807, 2.05) is 11.7 Å². The van der Waals surface area contributed by atoms with Crippen LogP contribution in [0.4, 0.5) is 0 Å². The minimum absolute atomic E-state index is 0.204. The zero-order valence-corrected chi connectivity index (χ0v) is 11.3. The second-order valence-corrected chi connectivity index (χ2v) is 4.16. The largest absolute Gasteiger partial charge is 0.468 e. The SMILES string of the molecule is CCc1nn(C)c(CNCC(=O)OC)c1Br. The molecule has 0 saturated carbocycles. The summed E-state index contributed by atoms with van der Waals surface area (Å²) in [5.41, 5.74) is 2.05. The zero-order chi connectivity index (χ0) is 12.1. The molecule has 5 nitrogen and oxygen atoms in total. The second kappa shape index (κ2) is 6.00. The number of carbonyl (C=O) groups excluding carboxylic acids is 1. The molecule has 0 amide bonds. The van der Waals surface area contributed by atoms with Crippen LogP contribution in [-0.4, -0.2) is 29.4 Å². The Morgan fingerprint density at radius 1 is 1.62 bits per heavy atom. The van der Waals surface area contributed by atoms with Crippen LogP contribution in [0.25, 0.3) is 0 Å². The maximum Gasteiger partial charge on any atom is 0.319 e. The molecule has 6 heteroatoms. The lowest BCUT2D eigenvalue weighted by molar-refractivity contribution is -0.139.